The Hall–Kier alpha value is 4.43. The average Bonchev–Trinajstić information content (AvgIpc) is 2.43. The zero-order chi connectivity index (χ0) is 20.4. The van der Waals surface area contributed by atoms with Crippen LogP contribution in [0.1, 0.15) is 72.6 Å². The van der Waals surface area contributed by atoms with Crippen LogP contribution in [0.4, 0.5) is 0 Å². The molecule has 0 heterocycles. The summed E-state index contributed by atoms with van der Waals surface area (Å²) in [6.07, 6.45) is 10.5. The molecule has 0 fully saturated rings. The molecule has 0 aromatic heterocycles. The molecule has 11 heteroatoms. The predicted octanol–water partition coefficient (Wildman–Crippen LogP) is -5.63. The van der Waals surface area contributed by atoms with Gasteiger partial charge in [0.1, 0.15) is 7.60 Å². The smallest absolute Gasteiger partial charge is 0.810 e. The minimum Gasteiger partial charge on any atom is -0.810 e. The van der Waals surface area contributed by atoms with Gasteiger partial charge in [0, 0.05) is 0 Å². The molecular weight excluding hydrogens is 491 g/mol. The van der Waals surface area contributed by atoms with E-state index in [1.54, 1.807) is 0 Å². The van der Waals surface area contributed by atoms with Gasteiger partial charge < -0.3 is 28.7 Å². The third-order valence-electron chi connectivity index (χ3n) is 4.02. The van der Waals surface area contributed by atoms with Crippen molar-refractivity contribution in [3.8, 4) is 0 Å². The van der Waals surface area contributed by atoms with Crippen LogP contribution in [-0.4, -0.2) is 10.3 Å². The fraction of sp³-hybridized carbons (Fsp3) is 0.667. The van der Waals surface area contributed by atoms with Gasteiger partial charge in [-0.25, -0.2) is 0 Å². The summed E-state index contributed by atoms with van der Waals surface area (Å²) in [5.41, 5.74) is 3.78. The van der Waals surface area contributed by atoms with E-state index in [0.29, 0.717) is 6.42 Å². The first kappa shape index (κ1) is 40.6. The van der Waals surface area contributed by atoms with Crippen molar-refractivity contribution in [1.29, 1.82) is 0 Å². The summed E-state index contributed by atoms with van der Waals surface area (Å²) in [5.74, 6) is 0. The van der Waals surface area contributed by atoms with E-state index in [-0.39, 0.29) is 167 Å². The van der Waals surface area contributed by atoms with Crippen LogP contribution in [0.25, 0.3) is 0 Å². The molecule has 0 aromatic rings. The molecule has 0 saturated carbocycles. The maximum atomic E-state index is 11.0. The summed E-state index contributed by atoms with van der Waals surface area (Å²) in [6, 6.07) is 0. The first-order valence-corrected chi connectivity index (χ1v) is 12.1. The van der Waals surface area contributed by atoms with Gasteiger partial charge in [-0.05, 0) is 72.6 Å². The molecule has 2 atom stereocenters. The Kier molecular flexibility index (Phi) is 30.4. The predicted molar refractivity (Wildman–Crippen MR) is 100 cm³/mol. The second-order valence-corrected chi connectivity index (χ2v) is 10.8. The van der Waals surface area contributed by atoms with E-state index in [2.05, 4.69) is 32.9 Å². The molecule has 0 saturated heterocycles. The topological polar surface area (TPSA) is 124 Å². The number of rotatable bonds is 12. The minimum absolute atomic E-state index is 0. The third-order valence-corrected chi connectivity index (χ3v) is 7.75. The van der Waals surface area contributed by atoms with Crippen molar-refractivity contribution in [2.75, 3.05) is 0 Å². The van der Waals surface area contributed by atoms with Crippen LogP contribution in [-0.2, 0) is 9.13 Å². The first-order chi connectivity index (χ1) is 11.8. The average molecular weight is 523 g/mol. The summed E-state index contributed by atoms with van der Waals surface area (Å²) in [7, 11) is -10.5. The van der Waals surface area contributed by atoms with E-state index in [0.717, 1.165) is 31.3 Å². The van der Waals surface area contributed by atoms with Gasteiger partial charge in [-0.2, -0.15) is 0 Å². The van der Waals surface area contributed by atoms with Crippen LogP contribution in [0.5, 0.6) is 0 Å². The number of hydrogen-bond acceptors (Lipinski definition) is 5. The van der Waals surface area contributed by atoms with Crippen molar-refractivity contribution in [1.82, 2.24) is 0 Å². The Balaban J connectivity index is -0.00000104. The molecule has 0 bridgehead atoms. The van der Waals surface area contributed by atoms with E-state index >= 15 is 0 Å². The Labute approximate surface area is 304 Å². The van der Waals surface area contributed by atoms with Crippen molar-refractivity contribution in [2.45, 2.75) is 78.0 Å². The van der Waals surface area contributed by atoms with Gasteiger partial charge in [0.2, 0.25) is 0 Å². The molecule has 0 aliphatic rings. The maximum absolute atomic E-state index is 11.0. The molecular formula is C18H31K3O6P2. The Morgan fingerprint density at radius 2 is 1.24 bits per heavy atom. The molecule has 0 aliphatic carbocycles. The summed E-state index contributed by atoms with van der Waals surface area (Å²) in [6.45, 7) is 8.23. The van der Waals surface area contributed by atoms with Gasteiger partial charge in [0.25, 0.3) is 0 Å². The van der Waals surface area contributed by atoms with Crippen LogP contribution in [0.2, 0.25) is 0 Å². The Morgan fingerprint density at radius 1 is 0.828 bits per heavy atom. The molecule has 6 nitrogen and oxygen atoms in total. The van der Waals surface area contributed by atoms with Crippen LogP contribution < -0.4 is 169 Å². The summed E-state index contributed by atoms with van der Waals surface area (Å²) in [5, 5.41) is -2.23. The van der Waals surface area contributed by atoms with Gasteiger partial charge in [-0.1, -0.05) is 42.5 Å². The molecule has 152 valence electrons. The van der Waals surface area contributed by atoms with Crippen LogP contribution in [0.15, 0.2) is 34.9 Å². The number of unbranched alkanes of at least 4 members (excludes halogenated alkanes) is 1. The summed E-state index contributed by atoms with van der Waals surface area (Å²) < 4.78 is 21.9. The van der Waals surface area contributed by atoms with Crippen molar-refractivity contribution in [3.05, 3.63) is 34.9 Å². The van der Waals surface area contributed by atoms with E-state index in [4.69, 9.17) is 4.89 Å². The van der Waals surface area contributed by atoms with Gasteiger partial charge >= 0.3 is 154 Å². The third kappa shape index (κ3) is 23.9. The molecule has 0 rings (SSSR count). The zero-order valence-corrected chi connectivity index (χ0v) is 30.3. The van der Waals surface area contributed by atoms with Gasteiger partial charge in [-0.3, -0.25) is 0 Å². The zero-order valence-electron chi connectivity index (χ0n) is 19.1. The van der Waals surface area contributed by atoms with Crippen LogP contribution in [0.3, 0.4) is 0 Å². The molecule has 0 radical (unpaired) electrons. The van der Waals surface area contributed by atoms with Gasteiger partial charge in [0.05, 0.1) is 5.40 Å². The van der Waals surface area contributed by atoms with Crippen molar-refractivity contribution < 1.29 is 183 Å². The second-order valence-electron chi connectivity index (χ2n) is 6.98. The SMILES string of the molecule is CC(C)=CCC/C(C)=C/CC/C(C)=C/CCCC(P(=O)([O-])[O-])P(=O)([O-])O.[K+].[K+].[K+]. The largest absolute Gasteiger partial charge is 1.00 e. The molecule has 2 unspecified atom stereocenters. The van der Waals surface area contributed by atoms with E-state index < -0.39 is 20.6 Å². The molecule has 29 heavy (non-hydrogen) atoms. The van der Waals surface area contributed by atoms with Crippen molar-refractivity contribution >= 4 is 15.2 Å². The van der Waals surface area contributed by atoms with Crippen molar-refractivity contribution in [2.24, 2.45) is 0 Å². The molecule has 1 N–H and O–H groups in total. The fourth-order valence-corrected chi connectivity index (χ4v) is 4.93. The number of hydrogen-bond donors (Lipinski definition) is 1. The van der Waals surface area contributed by atoms with E-state index in [9.17, 15) is 23.8 Å². The summed E-state index contributed by atoms with van der Waals surface area (Å²) >= 11 is 0. The first-order valence-electron chi connectivity index (χ1n) is 8.84. The molecule has 0 spiro atoms. The quantitative estimate of drug-likeness (QED) is 0.118. The normalized spacial score (nSPS) is 15.2. The summed E-state index contributed by atoms with van der Waals surface area (Å²) in [4.78, 5) is 41.8. The molecule has 0 aromatic carbocycles. The Bertz CT molecular complexity index is 597. The maximum Gasteiger partial charge on any atom is 1.00 e. The minimum atomic E-state index is -5.36. The van der Waals surface area contributed by atoms with Gasteiger partial charge in [0.15, 0.2) is 0 Å². The van der Waals surface area contributed by atoms with Crippen molar-refractivity contribution in [3.63, 3.8) is 0 Å². The molecule has 0 amide bonds. The van der Waals surface area contributed by atoms with Crippen LogP contribution in [0, 0.1) is 0 Å². The monoisotopic (exact) mass is 522 g/mol. The standard InChI is InChI=1S/C18H34O6P2.3K/c1-15(2)9-7-11-17(4)13-8-12-16(3)10-5-6-14-18(25(19,20)21)26(22,23)24;;;/h9-10,13,18H,5-8,11-12,14H2,1-4H3,(H2,19,20,21)(H2,22,23,24);;;/q;3*+1/p-3/b16-10+,17-13+;;;. The molecule has 0 aliphatic heterocycles. The number of allylic oxidation sites excluding steroid dienone is 6. The van der Waals surface area contributed by atoms with Gasteiger partial charge in [-0.15, -0.1) is 0 Å². The van der Waals surface area contributed by atoms with Crippen LogP contribution >= 0.6 is 15.2 Å². The Morgan fingerprint density at radius 3 is 1.62 bits per heavy atom. The second kappa shape index (κ2) is 21.7. The van der Waals surface area contributed by atoms with E-state index in [1.165, 1.54) is 11.1 Å². The van der Waals surface area contributed by atoms with E-state index in [1.807, 2.05) is 13.0 Å². The fourth-order valence-electron chi connectivity index (χ4n) is 2.49.